The molecular weight excluding hydrogens is 232 g/mol. The fraction of sp³-hybridized carbons (Fsp3) is 0.889. The molecule has 0 saturated carbocycles. The van der Waals surface area contributed by atoms with Crippen molar-refractivity contribution in [2.75, 3.05) is 7.11 Å². The number of unbranched alkanes of at least 4 members (excludes halogenated alkanes) is 8. The highest BCUT2D eigenvalue weighted by atomic mass is 16.5. The summed E-state index contributed by atoms with van der Waals surface area (Å²) in [6.45, 7) is 4.48. The van der Waals surface area contributed by atoms with Gasteiger partial charge in [-0.3, -0.25) is 0 Å². The normalized spacial score (nSPS) is 13.2. The second-order valence-electron chi connectivity index (χ2n) is 5.58. The van der Waals surface area contributed by atoms with Crippen molar-refractivity contribution in [3.63, 3.8) is 0 Å². The second-order valence-corrected chi connectivity index (χ2v) is 5.58. The van der Waals surface area contributed by atoms with Gasteiger partial charge in [0, 0.05) is 7.11 Å². The molecule has 0 bridgehead atoms. The molecule has 0 rings (SSSR count). The molecule has 0 aliphatic carbocycles. The van der Waals surface area contributed by atoms with E-state index in [1.165, 1.54) is 70.6 Å². The number of hydrogen-bond acceptors (Lipinski definition) is 1. The maximum atomic E-state index is 5.38. The molecule has 19 heavy (non-hydrogen) atoms. The van der Waals surface area contributed by atoms with E-state index in [4.69, 9.17) is 4.74 Å². The first-order valence-corrected chi connectivity index (χ1v) is 8.52. The molecule has 0 amide bonds. The van der Waals surface area contributed by atoms with E-state index in [1.807, 2.05) is 7.11 Å². The highest BCUT2D eigenvalue weighted by Crippen LogP contribution is 2.10. The minimum atomic E-state index is 0.479. The largest absolute Gasteiger partial charge is 0.381 e. The van der Waals surface area contributed by atoms with Crippen molar-refractivity contribution in [3.8, 4) is 0 Å². The van der Waals surface area contributed by atoms with Gasteiger partial charge in [-0.1, -0.05) is 64.5 Å². The summed E-state index contributed by atoms with van der Waals surface area (Å²) >= 11 is 0. The van der Waals surface area contributed by atoms with Gasteiger partial charge in [0.1, 0.15) is 0 Å². The van der Waals surface area contributed by atoms with Crippen molar-refractivity contribution in [2.45, 2.75) is 97.0 Å². The van der Waals surface area contributed by atoms with Crippen LogP contribution in [-0.2, 0) is 4.74 Å². The Morgan fingerprint density at radius 1 is 0.789 bits per heavy atom. The van der Waals surface area contributed by atoms with Crippen LogP contribution in [0.3, 0.4) is 0 Å². The highest BCUT2D eigenvalue weighted by Gasteiger charge is 2.02. The lowest BCUT2D eigenvalue weighted by atomic mass is 10.1. The summed E-state index contributed by atoms with van der Waals surface area (Å²) in [5.41, 5.74) is 0. The predicted octanol–water partition coefficient (Wildman–Crippen LogP) is 6.28. The number of ether oxygens (including phenoxy) is 1. The quantitative estimate of drug-likeness (QED) is 0.266. The molecule has 0 aromatic heterocycles. The van der Waals surface area contributed by atoms with Gasteiger partial charge in [0.2, 0.25) is 0 Å². The molecule has 0 aromatic rings. The number of rotatable bonds is 14. The first-order chi connectivity index (χ1) is 9.35. The van der Waals surface area contributed by atoms with E-state index < -0.39 is 0 Å². The van der Waals surface area contributed by atoms with Crippen LogP contribution < -0.4 is 0 Å². The Bertz CT molecular complexity index is 182. The summed E-state index contributed by atoms with van der Waals surface area (Å²) in [6.07, 6.45) is 21.1. The van der Waals surface area contributed by atoms with Crippen LogP contribution in [0.15, 0.2) is 12.2 Å². The van der Waals surface area contributed by atoms with Crippen LogP contribution >= 0.6 is 0 Å². The molecule has 114 valence electrons. The van der Waals surface area contributed by atoms with Gasteiger partial charge in [-0.15, -0.1) is 0 Å². The van der Waals surface area contributed by atoms with Crippen LogP contribution in [0.5, 0.6) is 0 Å². The van der Waals surface area contributed by atoms with Gasteiger partial charge >= 0.3 is 0 Å². The molecule has 0 aliphatic rings. The molecule has 0 N–H and O–H groups in total. The Kier molecular flexibility index (Phi) is 15.5. The van der Waals surface area contributed by atoms with Gasteiger partial charge in [0.25, 0.3) is 0 Å². The van der Waals surface area contributed by atoms with Crippen molar-refractivity contribution >= 4 is 0 Å². The van der Waals surface area contributed by atoms with Crippen molar-refractivity contribution in [3.05, 3.63) is 12.2 Å². The lowest BCUT2D eigenvalue weighted by molar-refractivity contribution is 0.0899. The average molecular weight is 268 g/mol. The van der Waals surface area contributed by atoms with Gasteiger partial charge in [-0.05, 0) is 38.5 Å². The molecule has 0 aliphatic heterocycles. The van der Waals surface area contributed by atoms with Crippen LogP contribution in [0.2, 0.25) is 0 Å². The summed E-state index contributed by atoms with van der Waals surface area (Å²) in [5, 5.41) is 0. The Hall–Kier alpha value is -0.300. The zero-order chi connectivity index (χ0) is 14.2. The van der Waals surface area contributed by atoms with Crippen LogP contribution in [0.1, 0.15) is 90.9 Å². The summed E-state index contributed by atoms with van der Waals surface area (Å²) in [4.78, 5) is 0. The topological polar surface area (TPSA) is 9.23 Å². The van der Waals surface area contributed by atoms with E-state index in [9.17, 15) is 0 Å². The monoisotopic (exact) mass is 268 g/mol. The number of allylic oxidation sites excluding steroid dienone is 2. The van der Waals surface area contributed by atoms with E-state index in [0.717, 1.165) is 6.42 Å². The molecule has 0 aromatic carbocycles. The molecule has 0 spiro atoms. The van der Waals surface area contributed by atoms with Crippen molar-refractivity contribution in [1.82, 2.24) is 0 Å². The Labute approximate surface area is 121 Å². The first-order valence-electron chi connectivity index (χ1n) is 8.52. The fourth-order valence-electron chi connectivity index (χ4n) is 2.40. The minimum absolute atomic E-state index is 0.479. The molecule has 1 heteroatoms. The van der Waals surface area contributed by atoms with Gasteiger partial charge in [-0.2, -0.15) is 0 Å². The van der Waals surface area contributed by atoms with Crippen LogP contribution in [-0.4, -0.2) is 13.2 Å². The lowest BCUT2D eigenvalue weighted by Crippen LogP contribution is -2.07. The molecule has 0 radical (unpaired) electrons. The van der Waals surface area contributed by atoms with Crippen LogP contribution in [0.25, 0.3) is 0 Å². The van der Waals surface area contributed by atoms with E-state index in [-0.39, 0.29) is 0 Å². The van der Waals surface area contributed by atoms with Crippen molar-refractivity contribution in [1.29, 1.82) is 0 Å². The molecule has 0 saturated heterocycles. The van der Waals surface area contributed by atoms with Crippen molar-refractivity contribution in [2.24, 2.45) is 0 Å². The number of methoxy groups -OCH3 is 1. The van der Waals surface area contributed by atoms with Gasteiger partial charge < -0.3 is 4.74 Å². The standard InChI is InChI=1S/C18H36O/c1-4-6-7-8-9-10-11-12-13-14-15-16-17-18(5-2)19-3/h12-13,18H,4-11,14-17H2,1-3H3/b13-12-. The summed E-state index contributed by atoms with van der Waals surface area (Å²) in [7, 11) is 1.83. The zero-order valence-corrected chi connectivity index (χ0v) is 13.6. The maximum absolute atomic E-state index is 5.38. The Morgan fingerprint density at radius 3 is 1.95 bits per heavy atom. The number of hydrogen-bond donors (Lipinski definition) is 0. The molecule has 1 unspecified atom stereocenters. The van der Waals surface area contributed by atoms with E-state index in [1.54, 1.807) is 0 Å². The summed E-state index contributed by atoms with van der Waals surface area (Å²) in [6, 6.07) is 0. The molecule has 1 nitrogen and oxygen atoms in total. The average Bonchev–Trinajstić information content (AvgIpc) is 2.44. The SMILES string of the molecule is CCCCCCCC/C=C\CCCCC(CC)OC. The van der Waals surface area contributed by atoms with E-state index in [2.05, 4.69) is 26.0 Å². The maximum Gasteiger partial charge on any atom is 0.0568 e. The molecule has 1 atom stereocenters. The van der Waals surface area contributed by atoms with Gasteiger partial charge in [-0.25, -0.2) is 0 Å². The van der Waals surface area contributed by atoms with Gasteiger partial charge in [0.05, 0.1) is 6.10 Å². The third-order valence-corrected chi connectivity index (χ3v) is 3.83. The Morgan fingerprint density at radius 2 is 1.37 bits per heavy atom. The third kappa shape index (κ3) is 13.9. The van der Waals surface area contributed by atoms with Crippen molar-refractivity contribution < 1.29 is 4.74 Å². The third-order valence-electron chi connectivity index (χ3n) is 3.83. The Balaban J connectivity index is 3.17. The smallest absolute Gasteiger partial charge is 0.0568 e. The minimum Gasteiger partial charge on any atom is -0.381 e. The van der Waals surface area contributed by atoms with Gasteiger partial charge in [0.15, 0.2) is 0 Å². The van der Waals surface area contributed by atoms with Crippen LogP contribution in [0, 0.1) is 0 Å². The summed E-state index contributed by atoms with van der Waals surface area (Å²) < 4.78 is 5.38. The fourth-order valence-corrected chi connectivity index (χ4v) is 2.40. The molecule has 0 fully saturated rings. The predicted molar refractivity (Wildman–Crippen MR) is 86.7 cm³/mol. The second kappa shape index (κ2) is 15.8. The zero-order valence-electron chi connectivity index (χ0n) is 13.6. The van der Waals surface area contributed by atoms with Crippen LogP contribution in [0.4, 0.5) is 0 Å². The summed E-state index contributed by atoms with van der Waals surface area (Å²) in [5.74, 6) is 0. The first kappa shape index (κ1) is 18.7. The van der Waals surface area contributed by atoms with E-state index >= 15 is 0 Å². The molecular formula is C18H36O. The van der Waals surface area contributed by atoms with E-state index in [0.29, 0.717) is 6.10 Å². The lowest BCUT2D eigenvalue weighted by Gasteiger charge is -2.11. The highest BCUT2D eigenvalue weighted by molar-refractivity contribution is 4.81. The molecule has 0 heterocycles.